The molecule has 0 aromatic rings. The summed E-state index contributed by atoms with van der Waals surface area (Å²) in [4.78, 5) is 0. The Morgan fingerprint density at radius 2 is 0.759 bits per heavy atom. The summed E-state index contributed by atoms with van der Waals surface area (Å²) in [6, 6.07) is 0. The fraction of sp³-hybridized carbons (Fsp3) is 1.00. The molecule has 0 bridgehead atoms. The number of rotatable bonds is 4. The fourth-order valence-electron chi connectivity index (χ4n) is 5.86. The predicted molar refractivity (Wildman–Crippen MR) is 133 cm³/mol. The molecule has 0 aliphatic heterocycles. The van der Waals surface area contributed by atoms with Crippen molar-refractivity contribution in [1.29, 1.82) is 0 Å². The van der Waals surface area contributed by atoms with Crippen molar-refractivity contribution in [2.24, 2.45) is 41.4 Å². The van der Waals surface area contributed by atoms with Crippen LogP contribution in [0.25, 0.3) is 0 Å². The van der Waals surface area contributed by atoms with Gasteiger partial charge < -0.3 is 0 Å². The Morgan fingerprint density at radius 3 is 1.07 bits per heavy atom. The summed E-state index contributed by atoms with van der Waals surface area (Å²) in [7, 11) is 0. The SMILES string of the molecule is CC(C)C1CCCC1.CC(C)C1CCCCCC1.CCC1CCC(C(C)C)CC1. The van der Waals surface area contributed by atoms with Gasteiger partial charge in [-0.1, -0.05) is 132 Å². The largest absolute Gasteiger partial charge is 0.0651 e. The molecule has 0 heteroatoms. The summed E-state index contributed by atoms with van der Waals surface area (Å²) in [6.45, 7) is 16.5. The summed E-state index contributed by atoms with van der Waals surface area (Å²) < 4.78 is 0. The standard InChI is InChI=1S/C11H22.C10H20.C8H16/c1-4-10-5-7-11(8-6-10)9(2)3;1-9(2)10-7-5-3-4-6-8-10;1-7(2)8-5-3-4-6-8/h9-11H,4-8H2,1-3H3;9-10H,3-8H2,1-2H3;7-8H,3-6H2,1-2H3. The molecule has 3 rings (SSSR count). The van der Waals surface area contributed by atoms with E-state index < -0.39 is 0 Å². The number of hydrogen-bond acceptors (Lipinski definition) is 0. The Kier molecular flexibility index (Phi) is 14.7. The van der Waals surface area contributed by atoms with E-state index in [9.17, 15) is 0 Å². The molecular weight excluding hydrogens is 348 g/mol. The summed E-state index contributed by atoms with van der Waals surface area (Å²) in [5.74, 6) is 7.00. The van der Waals surface area contributed by atoms with Crippen LogP contribution in [0.15, 0.2) is 0 Å². The Bertz CT molecular complexity index is 344. The molecule has 3 saturated carbocycles. The molecule has 0 unspecified atom stereocenters. The van der Waals surface area contributed by atoms with Gasteiger partial charge in [-0.2, -0.15) is 0 Å². The van der Waals surface area contributed by atoms with Crippen molar-refractivity contribution in [1.82, 2.24) is 0 Å². The summed E-state index contributed by atoms with van der Waals surface area (Å²) in [5, 5.41) is 0. The molecule has 0 atom stereocenters. The predicted octanol–water partition coefficient (Wildman–Crippen LogP) is 10.3. The van der Waals surface area contributed by atoms with E-state index in [0.717, 1.165) is 41.4 Å². The molecule has 0 radical (unpaired) electrons. The van der Waals surface area contributed by atoms with Gasteiger partial charge in [0.25, 0.3) is 0 Å². The van der Waals surface area contributed by atoms with Gasteiger partial charge in [0.05, 0.1) is 0 Å². The molecule has 0 aromatic heterocycles. The van der Waals surface area contributed by atoms with Crippen molar-refractivity contribution in [3.63, 3.8) is 0 Å². The highest BCUT2D eigenvalue weighted by Crippen LogP contribution is 2.34. The average molecular weight is 407 g/mol. The van der Waals surface area contributed by atoms with Crippen molar-refractivity contribution in [3.8, 4) is 0 Å². The van der Waals surface area contributed by atoms with Crippen LogP contribution in [-0.4, -0.2) is 0 Å². The second kappa shape index (κ2) is 15.8. The maximum absolute atomic E-state index is 2.37. The van der Waals surface area contributed by atoms with Crippen molar-refractivity contribution < 1.29 is 0 Å². The first-order valence-corrected chi connectivity index (χ1v) is 13.8. The Hall–Kier alpha value is 0. The zero-order valence-corrected chi connectivity index (χ0v) is 21.6. The first kappa shape index (κ1) is 27.0. The smallest absolute Gasteiger partial charge is 0.0391 e. The van der Waals surface area contributed by atoms with Crippen LogP contribution in [0.3, 0.4) is 0 Å². The number of hydrogen-bond donors (Lipinski definition) is 0. The van der Waals surface area contributed by atoms with Crippen LogP contribution in [-0.2, 0) is 0 Å². The highest BCUT2D eigenvalue weighted by Gasteiger charge is 2.21. The zero-order valence-electron chi connectivity index (χ0n) is 21.6. The third-order valence-electron chi connectivity index (χ3n) is 8.60. The minimum absolute atomic E-state index is 0.924. The summed E-state index contributed by atoms with van der Waals surface area (Å²) in [6.07, 6.45) is 22.3. The highest BCUT2D eigenvalue weighted by molar-refractivity contribution is 4.73. The van der Waals surface area contributed by atoms with Gasteiger partial charge in [0, 0.05) is 0 Å². The monoisotopic (exact) mass is 406 g/mol. The van der Waals surface area contributed by atoms with Gasteiger partial charge in [-0.05, 0) is 54.3 Å². The second-order valence-electron chi connectivity index (χ2n) is 11.7. The average Bonchev–Trinajstić information content (AvgIpc) is 3.12. The van der Waals surface area contributed by atoms with Crippen LogP contribution in [0, 0.1) is 41.4 Å². The minimum Gasteiger partial charge on any atom is -0.0651 e. The summed E-state index contributed by atoms with van der Waals surface area (Å²) >= 11 is 0. The lowest BCUT2D eigenvalue weighted by Crippen LogP contribution is -2.17. The highest BCUT2D eigenvalue weighted by atomic mass is 14.3. The molecule has 3 aliphatic carbocycles. The van der Waals surface area contributed by atoms with Gasteiger partial charge in [-0.15, -0.1) is 0 Å². The second-order valence-corrected chi connectivity index (χ2v) is 11.7. The van der Waals surface area contributed by atoms with Gasteiger partial charge in [0.2, 0.25) is 0 Å². The molecule has 0 aromatic carbocycles. The molecule has 174 valence electrons. The quantitative estimate of drug-likeness (QED) is 0.407. The molecule has 0 spiro atoms. The third kappa shape index (κ3) is 11.8. The van der Waals surface area contributed by atoms with Gasteiger partial charge in [0.15, 0.2) is 0 Å². The molecule has 0 saturated heterocycles. The van der Waals surface area contributed by atoms with Crippen molar-refractivity contribution in [2.45, 2.75) is 145 Å². The zero-order chi connectivity index (χ0) is 21.6. The van der Waals surface area contributed by atoms with E-state index in [1.54, 1.807) is 0 Å². The van der Waals surface area contributed by atoms with Gasteiger partial charge in [0.1, 0.15) is 0 Å². The van der Waals surface area contributed by atoms with Crippen LogP contribution >= 0.6 is 0 Å². The summed E-state index contributed by atoms with van der Waals surface area (Å²) in [5.41, 5.74) is 0. The molecule has 0 nitrogen and oxygen atoms in total. The van der Waals surface area contributed by atoms with Gasteiger partial charge >= 0.3 is 0 Å². The Morgan fingerprint density at radius 1 is 0.448 bits per heavy atom. The molecule has 29 heavy (non-hydrogen) atoms. The normalized spacial score (nSPS) is 26.7. The topological polar surface area (TPSA) is 0 Å². The van der Waals surface area contributed by atoms with Crippen molar-refractivity contribution in [2.75, 3.05) is 0 Å². The van der Waals surface area contributed by atoms with Crippen LogP contribution in [0.2, 0.25) is 0 Å². The van der Waals surface area contributed by atoms with E-state index >= 15 is 0 Å². The molecular formula is C29H58. The maximum atomic E-state index is 2.37. The van der Waals surface area contributed by atoms with Crippen LogP contribution in [0.1, 0.15) is 145 Å². The Balaban J connectivity index is 0.000000220. The van der Waals surface area contributed by atoms with Crippen molar-refractivity contribution >= 4 is 0 Å². The van der Waals surface area contributed by atoms with E-state index in [1.165, 1.54) is 96.3 Å². The van der Waals surface area contributed by atoms with Gasteiger partial charge in [-0.25, -0.2) is 0 Å². The first-order valence-electron chi connectivity index (χ1n) is 13.8. The first-order chi connectivity index (χ1) is 13.8. The Labute approximate surface area is 186 Å². The van der Waals surface area contributed by atoms with Crippen LogP contribution in [0.4, 0.5) is 0 Å². The third-order valence-corrected chi connectivity index (χ3v) is 8.60. The van der Waals surface area contributed by atoms with E-state index in [4.69, 9.17) is 0 Å². The van der Waals surface area contributed by atoms with Gasteiger partial charge in [-0.3, -0.25) is 0 Å². The molecule has 0 amide bonds. The molecule has 3 fully saturated rings. The van der Waals surface area contributed by atoms with E-state index in [1.807, 2.05) is 0 Å². The molecule has 0 heterocycles. The minimum atomic E-state index is 0.924. The fourth-order valence-corrected chi connectivity index (χ4v) is 5.86. The van der Waals surface area contributed by atoms with E-state index in [2.05, 4.69) is 48.5 Å². The lowest BCUT2D eigenvalue weighted by molar-refractivity contribution is 0.221. The van der Waals surface area contributed by atoms with E-state index in [0.29, 0.717) is 0 Å². The van der Waals surface area contributed by atoms with E-state index in [-0.39, 0.29) is 0 Å². The molecule has 0 N–H and O–H groups in total. The molecule has 3 aliphatic rings. The van der Waals surface area contributed by atoms with Crippen molar-refractivity contribution in [3.05, 3.63) is 0 Å². The lowest BCUT2D eigenvalue weighted by Gasteiger charge is -2.30. The van der Waals surface area contributed by atoms with Crippen LogP contribution in [0.5, 0.6) is 0 Å². The lowest BCUT2D eigenvalue weighted by atomic mass is 9.76. The maximum Gasteiger partial charge on any atom is -0.0391 e. The van der Waals surface area contributed by atoms with Crippen LogP contribution < -0.4 is 0 Å².